The summed E-state index contributed by atoms with van der Waals surface area (Å²) in [6, 6.07) is 0. The maximum atomic E-state index is 12.1. The molecule has 0 aromatic rings. The van der Waals surface area contributed by atoms with Crippen molar-refractivity contribution in [3.63, 3.8) is 0 Å². The standard InChI is InChI=1S/C14H27N3O/c1-2-16-8-10-17(11-9-16)14(18)6-5-13-4-3-7-15-12-13/h13,15H,2-12H2,1H3. The molecule has 4 heteroatoms. The largest absolute Gasteiger partial charge is 0.340 e. The fourth-order valence-electron chi connectivity index (χ4n) is 2.97. The zero-order valence-corrected chi connectivity index (χ0v) is 11.7. The van der Waals surface area contributed by atoms with Crippen LogP contribution in [0.2, 0.25) is 0 Å². The first-order valence-electron chi connectivity index (χ1n) is 7.50. The van der Waals surface area contributed by atoms with Crippen molar-refractivity contribution < 1.29 is 4.79 Å². The summed E-state index contributed by atoms with van der Waals surface area (Å²) in [5.74, 6) is 1.09. The van der Waals surface area contributed by atoms with Gasteiger partial charge in [-0.05, 0) is 44.8 Å². The first-order chi connectivity index (χ1) is 8.79. The zero-order chi connectivity index (χ0) is 12.8. The van der Waals surface area contributed by atoms with Crippen molar-refractivity contribution in [2.45, 2.75) is 32.6 Å². The molecule has 0 aliphatic carbocycles. The Balaban J connectivity index is 1.65. The quantitative estimate of drug-likeness (QED) is 0.809. The van der Waals surface area contributed by atoms with Gasteiger partial charge in [-0.1, -0.05) is 6.92 Å². The number of piperidine rings is 1. The molecule has 0 saturated carbocycles. The van der Waals surface area contributed by atoms with Crippen molar-refractivity contribution >= 4 is 5.91 Å². The van der Waals surface area contributed by atoms with E-state index in [9.17, 15) is 4.79 Å². The molecule has 1 atom stereocenters. The van der Waals surface area contributed by atoms with E-state index in [0.29, 0.717) is 5.91 Å². The number of likely N-dealkylation sites (N-methyl/N-ethyl adjacent to an activating group) is 1. The Morgan fingerprint density at radius 2 is 2.06 bits per heavy atom. The van der Waals surface area contributed by atoms with Crippen LogP contribution in [0, 0.1) is 5.92 Å². The van der Waals surface area contributed by atoms with Gasteiger partial charge in [0.15, 0.2) is 0 Å². The Bertz CT molecular complexity index is 256. The van der Waals surface area contributed by atoms with Gasteiger partial charge in [0.2, 0.25) is 5.91 Å². The topological polar surface area (TPSA) is 35.6 Å². The normalized spacial score (nSPS) is 26.3. The van der Waals surface area contributed by atoms with Gasteiger partial charge in [-0.2, -0.15) is 0 Å². The molecule has 18 heavy (non-hydrogen) atoms. The fraction of sp³-hybridized carbons (Fsp3) is 0.929. The van der Waals surface area contributed by atoms with E-state index in [4.69, 9.17) is 0 Å². The number of rotatable bonds is 4. The third-order valence-electron chi connectivity index (χ3n) is 4.34. The molecular formula is C14H27N3O. The van der Waals surface area contributed by atoms with Crippen LogP contribution in [0.15, 0.2) is 0 Å². The van der Waals surface area contributed by atoms with Gasteiger partial charge in [-0.15, -0.1) is 0 Å². The van der Waals surface area contributed by atoms with E-state index in [1.807, 2.05) is 0 Å². The minimum absolute atomic E-state index is 0.372. The second kappa shape index (κ2) is 7.10. The van der Waals surface area contributed by atoms with Gasteiger partial charge in [0.1, 0.15) is 0 Å². The van der Waals surface area contributed by atoms with Gasteiger partial charge in [-0.3, -0.25) is 4.79 Å². The maximum Gasteiger partial charge on any atom is 0.222 e. The Hall–Kier alpha value is -0.610. The van der Waals surface area contributed by atoms with Crippen LogP contribution in [0.1, 0.15) is 32.6 Å². The third-order valence-corrected chi connectivity index (χ3v) is 4.34. The van der Waals surface area contributed by atoms with Crippen LogP contribution in [-0.2, 0) is 4.79 Å². The number of carbonyl (C=O) groups is 1. The fourth-order valence-corrected chi connectivity index (χ4v) is 2.97. The van der Waals surface area contributed by atoms with Crippen molar-refractivity contribution in [2.24, 2.45) is 5.92 Å². The predicted molar refractivity (Wildman–Crippen MR) is 73.5 cm³/mol. The van der Waals surface area contributed by atoms with E-state index >= 15 is 0 Å². The van der Waals surface area contributed by atoms with Crippen LogP contribution in [-0.4, -0.2) is 61.5 Å². The highest BCUT2D eigenvalue weighted by Gasteiger charge is 2.21. The van der Waals surface area contributed by atoms with Crippen LogP contribution in [0.4, 0.5) is 0 Å². The molecule has 0 aromatic heterocycles. The lowest BCUT2D eigenvalue weighted by Gasteiger charge is -2.34. The molecule has 2 saturated heterocycles. The summed E-state index contributed by atoms with van der Waals surface area (Å²) in [6.45, 7) is 9.51. The molecule has 0 radical (unpaired) electrons. The van der Waals surface area contributed by atoms with Crippen molar-refractivity contribution in [3.05, 3.63) is 0 Å². The molecule has 2 rings (SSSR count). The second-order valence-electron chi connectivity index (χ2n) is 5.57. The van der Waals surface area contributed by atoms with Crippen molar-refractivity contribution in [2.75, 3.05) is 45.8 Å². The van der Waals surface area contributed by atoms with Crippen LogP contribution in [0.25, 0.3) is 0 Å². The number of piperazine rings is 1. The molecule has 2 aliphatic rings. The van der Waals surface area contributed by atoms with Crippen molar-refractivity contribution in [1.82, 2.24) is 15.1 Å². The van der Waals surface area contributed by atoms with E-state index in [0.717, 1.165) is 64.6 Å². The van der Waals surface area contributed by atoms with Crippen LogP contribution in [0.5, 0.6) is 0 Å². The van der Waals surface area contributed by atoms with Crippen molar-refractivity contribution in [1.29, 1.82) is 0 Å². The molecule has 1 unspecified atom stereocenters. The lowest BCUT2D eigenvalue weighted by atomic mass is 9.94. The Kier molecular flexibility index (Phi) is 5.45. The average molecular weight is 253 g/mol. The summed E-state index contributed by atoms with van der Waals surface area (Å²) in [5.41, 5.74) is 0. The Labute approximate surface area is 111 Å². The Morgan fingerprint density at radius 1 is 1.28 bits per heavy atom. The minimum atomic E-state index is 0.372. The lowest BCUT2D eigenvalue weighted by molar-refractivity contribution is -0.133. The SMILES string of the molecule is CCN1CCN(C(=O)CCC2CCCNC2)CC1. The second-order valence-corrected chi connectivity index (χ2v) is 5.57. The number of nitrogens with zero attached hydrogens (tertiary/aromatic N) is 2. The summed E-state index contributed by atoms with van der Waals surface area (Å²) in [5, 5.41) is 3.42. The minimum Gasteiger partial charge on any atom is -0.340 e. The number of hydrogen-bond donors (Lipinski definition) is 1. The van der Waals surface area contributed by atoms with Gasteiger partial charge in [0.05, 0.1) is 0 Å². The van der Waals surface area contributed by atoms with Crippen LogP contribution < -0.4 is 5.32 Å². The highest BCUT2D eigenvalue weighted by molar-refractivity contribution is 5.76. The molecular weight excluding hydrogens is 226 g/mol. The molecule has 104 valence electrons. The highest BCUT2D eigenvalue weighted by atomic mass is 16.2. The van der Waals surface area contributed by atoms with E-state index in [2.05, 4.69) is 22.0 Å². The smallest absolute Gasteiger partial charge is 0.222 e. The van der Waals surface area contributed by atoms with Crippen LogP contribution >= 0.6 is 0 Å². The summed E-state index contributed by atoms with van der Waals surface area (Å²) < 4.78 is 0. The molecule has 2 fully saturated rings. The summed E-state index contributed by atoms with van der Waals surface area (Å²) >= 11 is 0. The van der Waals surface area contributed by atoms with Gasteiger partial charge in [0.25, 0.3) is 0 Å². The average Bonchev–Trinajstić information content (AvgIpc) is 2.46. The third kappa shape index (κ3) is 3.95. The molecule has 0 bridgehead atoms. The van der Waals surface area contributed by atoms with Gasteiger partial charge in [0, 0.05) is 32.6 Å². The Morgan fingerprint density at radius 3 is 2.67 bits per heavy atom. The van der Waals surface area contributed by atoms with Crippen LogP contribution in [0.3, 0.4) is 0 Å². The molecule has 4 nitrogen and oxygen atoms in total. The summed E-state index contributed by atoms with van der Waals surface area (Å²) in [7, 11) is 0. The highest BCUT2D eigenvalue weighted by Crippen LogP contribution is 2.17. The monoisotopic (exact) mass is 253 g/mol. The van der Waals surface area contributed by atoms with E-state index < -0.39 is 0 Å². The summed E-state index contributed by atoms with van der Waals surface area (Å²) in [6.07, 6.45) is 4.39. The van der Waals surface area contributed by atoms with Gasteiger partial charge >= 0.3 is 0 Å². The van der Waals surface area contributed by atoms with E-state index in [1.165, 1.54) is 12.8 Å². The number of nitrogens with one attached hydrogen (secondary N) is 1. The molecule has 1 N–H and O–H groups in total. The first-order valence-corrected chi connectivity index (χ1v) is 7.50. The summed E-state index contributed by atoms with van der Waals surface area (Å²) in [4.78, 5) is 16.6. The molecule has 2 heterocycles. The van der Waals surface area contributed by atoms with Crippen molar-refractivity contribution in [3.8, 4) is 0 Å². The molecule has 0 spiro atoms. The van der Waals surface area contributed by atoms with E-state index in [1.54, 1.807) is 0 Å². The lowest BCUT2D eigenvalue weighted by Crippen LogP contribution is -2.48. The zero-order valence-electron chi connectivity index (χ0n) is 11.7. The predicted octanol–water partition coefficient (Wildman–Crippen LogP) is 0.930. The number of hydrogen-bond acceptors (Lipinski definition) is 3. The number of amides is 1. The molecule has 1 amide bonds. The molecule has 0 aromatic carbocycles. The number of carbonyl (C=O) groups excluding carboxylic acids is 1. The maximum absolute atomic E-state index is 12.1. The first kappa shape index (κ1) is 13.8. The molecule has 2 aliphatic heterocycles. The van der Waals surface area contributed by atoms with Gasteiger partial charge in [-0.25, -0.2) is 0 Å². The van der Waals surface area contributed by atoms with E-state index in [-0.39, 0.29) is 0 Å². The van der Waals surface area contributed by atoms with Gasteiger partial charge < -0.3 is 15.1 Å².